The van der Waals surface area contributed by atoms with E-state index in [9.17, 15) is 0 Å². The van der Waals surface area contributed by atoms with Gasteiger partial charge in [0, 0.05) is 13.1 Å². The Bertz CT molecular complexity index is 662. The minimum Gasteiger partial charge on any atom is -0.299 e. The van der Waals surface area contributed by atoms with Gasteiger partial charge in [-0.05, 0) is 74.8 Å². The molecule has 2 heteroatoms. The van der Waals surface area contributed by atoms with Crippen LogP contribution >= 0.6 is 0 Å². The third-order valence-corrected chi connectivity index (χ3v) is 7.89. The standard InChI is InChI=1S/C30H44N2/c1(5-11-27-17-21-31(22-18-27)25-29-13-7-3-8-14-29)2-6-12-28-19-23-32(24-20-28)26-30-15-9-4-10-16-30/h3-4,7-10,13-16,27-28H,1-2,5-6,11-12,17-26H2. The molecule has 32 heavy (non-hydrogen) atoms. The fourth-order valence-corrected chi connectivity index (χ4v) is 5.77. The lowest BCUT2D eigenvalue weighted by molar-refractivity contribution is 0.168. The second kappa shape index (κ2) is 13.2. The van der Waals surface area contributed by atoms with Crippen LogP contribution in [-0.2, 0) is 13.1 Å². The molecule has 2 aromatic carbocycles. The maximum Gasteiger partial charge on any atom is 0.0233 e. The Morgan fingerprint density at radius 1 is 0.500 bits per heavy atom. The molecule has 0 atom stereocenters. The van der Waals surface area contributed by atoms with E-state index in [4.69, 9.17) is 0 Å². The van der Waals surface area contributed by atoms with E-state index in [-0.39, 0.29) is 0 Å². The normalized spacial score (nSPS) is 19.4. The topological polar surface area (TPSA) is 6.48 Å². The van der Waals surface area contributed by atoms with Crippen LogP contribution in [-0.4, -0.2) is 36.0 Å². The number of nitrogens with zero attached hydrogens (tertiary/aromatic N) is 2. The molecule has 0 spiro atoms. The van der Waals surface area contributed by atoms with Crippen LogP contribution in [0.4, 0.5) is 0 Å². The van der Waals surface area contributed by atoms with Crippen LogP contribution in [0.1, 0.15) is 75.3 Å². The predicted molar refractivity (Wildman–Crippen MR) is 137 cm³/mol. The number of hydrogen-bond acceptors (Lipinski definition) is 2. The number of rotatable bonds is 11. The highest BCUT2D eigenvalue weighted by Crippen LogP contribution is 2.26. The van der Waals surface area contributed by atoms with Crippen molar-refractivity contribution in [3.05, 3.63) is 71.8 Å². The van der Waals surface area contributed by atoms with Gasteiger partial charge in [-0.15, -0.1) is 0 Å². The summed E-state index contributed by atoms with van der Waals surface area (Å²) in [6.07, 6.45) is 14.4. The van der Waals surface area contributed by atoms with Gasteiger partial charge >= 0.3 is 0 Å². The Morgan fingerprint density at radius 3 is 1.25 bits per heavy atom. The summed E-state index contributed by atoms with van der Waals surface area (Å²) < 4.78 is 0. The Kier molecular flexibility index (Phi) is 9.67. The van der Waals surface area contributed by atoms with Crippen molar-refractivity contribution in [1.82, 2.24) is 9.80 Å². The zero-order valence-corrected chi connectivity index (χ0v) is 20.1. The van der Waals surface area contributed by atoms with Crippen molar-refractivity contribution in [3.8, 4) is 0 Å². The SMILES string of the molecule is c1ccc(CN2CCC(CCCCCCC3CCN(Cc4ccccc4)CC3)CC2)cc1. The van der Waals surface area contributed by atoms with Crippen LogP contribution in [0.25, 0.3) is 0 Å². The maximum atomic E-state index is 2.65. The maximum absolute atomic E-state index is 2.65. The Balaban J connectivity index is 0.990. The number of piperidine rings is 2. The predicted octanol–water partition coefficient (Wildman–Crippen LogP) is 7.15. The number of benzene rings is 2. The van der Waals surface area contributed by atoms with Crippen molar-refractivity contribution in [2.45, 2.75) is 77.3 Å². The van der Waals surface area contributed by atoms with Gasteiger partial charge in [0.2, 0.25) is 0 Å². The molecular weight excluding hydrogens is 388 g/mol. The van der Waals surface area contributed by atoms with Gasteiger partial charge in [0.25, 0.3) is 0 Å². The molecule has 0 aliphatic carbocycles. The zero-order valence-electron chi connectivity index (χ0n) is 20.1. The minimum atomic E-state index is 0.982. The van der Waals surface area contributed by atoms with Crippen molar-refractivity contribution >= 4 is 0 Å². The van der Waals surface area contributed by atoms with Crippen LogP contribution in [0.3, 0.4) is 0 Å². The first-order valence-corrected chi connectivity index (χ1v) is 13.4. The lowest BCUT2D eigenvalue weighted by atomic mass is 9.89. The highest BCUT2D eigenvalue weighted by Gasteiger charge is 2.20. The van der Waals surface area contributed by atoms with Gasteiger partial charge in [-0.1, -0.05) is 99.2 Å². The summed E-state index contributed by atoms with van der Waals surface area (Å²) in [5.74, 6) is 1.96. The van der Waals surface area contributed by atoms with E-state index >= 15 is 0 Å². The van der Waals surface area contributed by atoms with Crippen molar-refractivity contribution in [2.24, 2.45) is 11.8 Å². The van der Waals surface area contributed by atoms with Crippen molar-refractivity contribution in [2.75, 3.05) is 26.2 Å². The van der Waals surface area contributed by atoms with E-state index in [1.54, 1.807) is 0 Å². The van der Waals surface area contributed by atoms with Crippen molar-refractivity contribution < 1.29 is 0 Å². The average molecular weight is 433 g/mol. The minimum absolute atomic E-state index is 0.982. The summed E-state index contributed by atoms with van der Waals surface area (Å²) in [6.45, 7) is 7.45. The summed E-state index contributed by atoms with van der Waals surface area (Å²) in [6, 6.07) is 21.9. The summed E-state index contributed by atoms with van der Waals surface area (Å²) in [5.41, 5.74) is 2.93. The lowest BCUT2D eigenvalue weighted by Crippen LogP contribution is -2.33. The number of unbranched alkanes of at least 4 members (excludes halogenated alkanes) is 3. The molecule has 2 aromatic rings. The molecule has 0 saturated carbocycles. The van der Waals surface area contributed by atoms with Crippen molar-refractivity contribution in [1.29, 1.82) is 0 Å². The first-order valence-electron chi connectivity index (χ1n) is 13.4. The van der Waals surface area contributed by atoms with Gasteiger partial charge in [-0.2, -0.15) is 0 Å². The van der Waals surface area contributed by atoms with Crippen LogP contribution in [0.2, 0.25) is 0 Å². The van der Waals surface area contributed by atoms with E-state index < -0.39 is 0 Å². The van der Waals surface area contributed by atoms with Crippen LogP contribution in [0.15, 0.2) is 60.7 Å². The van der Waals surface area contributed by atoms with E-state index in [1.807, 2.05) is 0 Å². The molecular formula is C30H44N2. The van der Waals surface area contributed by atoms with Crippen LogP contribution in [0, 0.1) is 11.8 Å². The first kappa shape index (κ1) is 23.5. The summed E-state index contributed by atoms with van der Waals surface area (Å²) >= 11 is 0. The average Bonchev–Trinajstić information content (AvgIpc) is 2.85. The van der Waals surface area contributed by atoms with Gasteiger partial charge < -0.3 is 0 Å². The Morgan fingerprint density at radius 2 is 0.875 bits per heavy atom. The monoisotopic (exact) mass is 432 g/mol. The van der Waals surface area contributed by atoms with Gasteiger partial charge in [0.15, 0.2) is 0 Å². The van der Waals surface area contributed by atoms with E-state index in [2.05, 4.69) is 70.5 Å². The summed E-state index contributed by atoms with van der Waals surface area (Å²) in [5, 5.41) is 0. The van der Waals surface area contributed by atoms with Gasteiger partial charge in [-0.25, -0.2) is 0 Å². The van der Waals surface area contributed by atoms with E-state index in [0.29, 0.717) is 0 Å². The molecule has 0 radical (unpaired) electrons. The molecule has 4 rings (SSSR count). The smallest absolute Gasteiger partial charge is 0.0233 e. The number of likely N-dealkylation sites (tertiary alicyclic amines) is 2. The molecule has 2 saturated heterocycles. The molecule has 2 heterocycles. The molecule has 2 aliphatic rings. The fourth-order valence-electron chi connectivity index (χ4n) is 5.77. The highest BCUT2D eigenvalue weighted by atomic mass is 15.1. The second-order valence-corrected chi connectivity index (χ2v) is 10.4. The highest BCUT2D eigenvalue weighted by molar-refractivity contribution is 5.15. The second-order valence-electron chi connectivity index (χ2n) is 10.4. The van der Waals surface area contributed by atoms with Crippen LogP contribution < -0.4 is 0 Å². The van der Waals surface area contributed by atoms with Crippen LogP contribution in [0.5, 0.6) is 0 Å². The molecule has 0 aromatic heterocycles. The Labute approximate surface area is 197 Å². The van der Waals surface area contributed by atoms with Gasteiger partial charge in [0.1, 0.15) is 0 Å². The number of hydrogen-bond donors (Lipinski definition) is 0. The van der Waals surface area contributed by atoms with Gasteiger partial charge in [-0.3, -0.25) is 9.80 Å². The molecule has 2 nitrogen and oxygen atoms in total. The molecule has 2 aliphatic heterocycles. The van der Waals surface area contributed by atoms with Gasteiger partial charge in [0.05, 0.1) is 0 Å². The third-order valence-electron chi connectivity index (χ3n) is 7.89. The molecule has 174 valence electrons. The molecule has 2 fully saturated rings. The Hall–Kier alpha value is -1.64. The molecule has 0 bridgehead atoms. The summed E-state index contributed by atoms with van der Waals surface area (Å²) in [4.78, 5) is 5.30. The molecule has 0 unspecified atom stereocenters. The van der Waals surface area contributed by atoms with E-state index in [1.165, 1.54) is 102 Å². The molecule has 0 N–H and O–H groups in total. The fraction of sp³-hybridized carbons (Fsp3) is 0.600. The largest absolute Gasteiger partial charge is 0.299 e. The molecule has 0 amide bonds. The first-order chi connectivity index (χ1) is 15.8. The zero-order chi connectivity index (χ0) is 21.8. The third kappa shape index (κ3) is 8.05. The van der Waals surface area contributed by atoms with Crippen molar-refractivity contribution in [3.63, 3.8) is 0 Å². The summed E-state index contributed by atoms with van der Waals surface area (Å²) in [7, 11) is 0. The van der Waals surface area contributed by atoms with E-state index in [0.717, 1.165) is 24.9 Å². The quantitative estimate of drug-likeness (QED) is 0.348. The lowest BCUT2D eigenvalue weighted by Gasteiger charge is -2.32.